The summed E-state index contributed by atoms with van der Waals surface area (Å²) < 4.78 is 0. The van der Waals surface area contributed by atoms with Gasteiger partial charge in [0, 0.05) is 28.4 Å². The van der Waals surface area contributed by atoms with Crippen molar-refractivity contribution in [3.05, 3.63) is 65.6 Å². The van der Waals surface area contributed by atoms with Crippen LogP contribution >= 0.6 is 0 Å². The molecule has 0 saturated carbocycles. The molecule has 1 aliphatic heterocycles. The summed E-state index contributed by atoms with van der Waals surface area (Å²) in [5, 5.41) is 1.32. The Bertz CT molecular complexity index is 770. The SMILES string of the molecule is Cc1[nH]c2ccccc2c1[C@@H](c1ccccn1)N1CCCC1. The molecule has 0 radical (unpaired) electrons. The van der Waals surface area contributed by atoms with Gasteiger partial charge in [0.1, 0.15) is 0 Å². The topological polar surface area (TPSA) is 31.9 Å². The number of hydrogen-bond donors (Lipinski definition) is 1. The number of aryl methyl sites for hydroxylation is 1. The molecule has 0 spiro atoms. The Morgan fingerprint density at radius 3 is 2.59 bits per heavy atom. The third kappa shape index (κ3) is 2.22. The second kappa shape index (κ2) is 5.58. The Morgan fingerprint density at radius 1 is 1.05 bits per heavy atom. The van der Waals surface area contributed by atoms with Crippen molar-refractivity contribution in [2.24, 2.45) is 0 Å². The zero-order valence-electron chi connectivity index (χ0n) is 12.9. The summed E-state index contributed by atoms with van der Waals surface area (Å²) in [7, 11) is 0. The first-order valence-electron chi connectivity index (χ1n) is 8.07. The molecule has 1 atom stereocenters. The number of fused-ring (bicyclic) bond motifs is 1. The molecule has 2 aromatic heterocycles. The molecule has 22 heavy (non-hydrogen) atoms. The minimum absolute atomic E-state index is 0.250. The number of hydrogen-bond acceptors (Lipinski definition) is 2. The van der Waals surface area contributed by atoms with E-state index in [1.54, 1.807) is 0 Å². The van der Waals surface area contributed by atoms with Crippen molar-refractivity contribution in [2.75, 3.05) is 13.1 Å². The summed E-state index contributed by atoms with van der Waals surface area (Å²) in [6, 6.07) is 15.1. The van der Waals surface area contributed by atoms with Crippen LogP contribution in [0.25, 0.3) is 10.9 Å². The summed E-state index contributed by atoms with van der Waals surface area (Å²) in [5.74, 6) is 0. The average Bonchev–Trinajstić information content (AvgIpc) is 3.18. The number of H-pyrrole nitrogens is 1. The lowest BCUT2D eigenvalue weighted by molar-refractivity contribution is 0.277. The molecule has 3 nitrogen and oxygen atoms in total. The van der Waals surface area contributed by atoms with Gasteiger partial charge in [-0.3, -0.25) is 9.88 Å². The van der Waals surface area contributed by atoms with E-state index in [1.807, 2.05) is 12.3 Å². The van der Waals surface area contributed by atoms with Gasteiger partial charge in [-0.1, -0.05) is 24.3 Å². The van der Waals surface area contributed by atoms with E-state index < -0.39 is 0 Å². The van der Waals surface area contributed by atoms with Gasteiger partial charge in [0.25, 0.3) is 0 Å². The minimum atomic E-state index is 0.250. The summed E-state index contributed by atoms with van der Waals surface area (Å²) in [4.78, 5) is 10.8. The molecule has 1 aliphatic rings. The number of aromatic nitrogens is 2. The smallest absolute Gasteiger partial charge is 0.0799 e. The van der Waals surface area contributed by atoms with E-state index >= 15 is 0 Å². The molecule has 3 heterocycles. The maximum absolute atomic E-state index is 4.67. The largest absolute Gasteiger partial charge is 0.358 e. The lowest BCUT2D eigenvalue weighted by Gasteiger charge is -2.27. The first-order chi connectivity index (χ1) is 10.8. The second-order valence-corrected chi connectivity index (χ2v) is 6.11. The van der Waals surface area contributed by atoms with Crippen LogP contribution in [0.4, 0.5) is 0 Å². The van der Waals surface area contributed by atoms with E-state index in [0.29, 0.717) is 0 Å². The van der Waals surface area contributed by atoms with Crippen molar-refractivity contribution < 1.29 is 0 Å². The van der Waals surface area contributed by atoms with E-state index in [0.717, 1.165) is 18.8 Å². The maximum atomic E-state index is 4.67. The highest BCUT2D eigenvalue weighted by atomic mass is 15.2. The third-order valence-corrected chi connectivity index (χ3v) is 4.69. The fourth-order valence-corrected chi connectivity index (χ4v) is 3.71. The molecule has 1 saturated heterocycles. The van der Waals surface area contributed by atoms with Gasteiger partial charge in [-0.05, 0) is 51.1 Å². The van der Waals surface area contributed by atoms with Crippen LogP contribution in [0.3, 0.4) is 0 Å². The molecule has 1 N–H and O–H groups in total. The molecule has 0 aliphatic carbocycles. The van der Waals surface area contributed by atoms with Crippen LogP contribution in [-0.2, 0) is 0 Å². The number of aromatic amines is 1. The summed E-state index contributed by atoms with van der Waals surface area (Å²) >= 11 is 0. The van der Waals surface area contributed by atoms with Crippen LogP contribution in [-0.4, -0.2) is 28.0 Å². The molecular weight excluding hydrogens is 270 g/mol. The van der Waals surface area contributed by atoms with E-state index in [-0.39, 0.29) is 6.04 Å². The van der Waals surface area contributed by atoms with Gasteiger partial charge in [0.15, 0.2) is 0 Å². The highest BCUT2D eigenvalue weighted by Gasteiger charge is 2.29. The number of para-hydroxylation sites is 1. The quantitative estimate of drug-likeness (QED) is 0.789. The van der Waals surface area contributed by atoms with E-state index in [9.17, 15) is 0 Å². The molecule has 0 unspecified atom stereocenters. The molecule has 3 heteroatoms. The average molecular weight is 291 g/mol. The Labute approximate surface area is 131 Å². The first kappa shape index (κ1) is 13.5. The predicted molar refractivity (Wildman–Crippen MR) is 89.9 cm³/mol. The number of benzene rings is 1. The van der Waals surface area contributed by atoms with Crippen molar-refractivity contribution in [1.29, 1.82) is 0 Å². The molecule has 1 aromatic carbocycles. The number of nitrogens with zero attached hydrogens (tertiary/aromatic N) is 2. The molecule has 3 aromatic rings. The van der Waals surface area contributed by atoms with Crippen LogP contribution in [0.2, 0.25) is 0 Å². The molecule has 0 bridgehead atoms. The highest BCUT2D eigenvalue weighted by Crippen LogP contribution is 2.36. The van der Waals surface area contributed by atoms with Gasteiger partial charge in [-0.25, -0.2) is 0 Å². The molecule has 112 valence electrons. The van der Waals surface area contributed by atoms with Crippen LogP contribution < -0.4 is 0 Å². The Hall–Kier alpha value is -2.13. The van der Waals surface area contributed by atoms with Gasteiger partial charge in [0.05, 0.1) is 11.7 Å². The Balaban J connectivity index is 1.91. The van der Waals surface area contributed by atoms with Crippen LogP contribution in [0.1, 0.15) is 35.8 Å². The number of nitrogens with one attached hydrogen (secondary N) is 1. The van der Waals surface area contributed by atoms with Crippen LogP contribution in [0.5, 0.6) is 0 Å². The van der Waals surface area contributed by atoms with Gasteiger partial charge in [0.2, 0.25) is 0 Å². The predicted octanol–water partition coefficient (Wildman–Crippen LogP) is 4.06. The van der Waals surface area contributed by atoms with Crippen LogP contribution in [0.15, 0.2) is 48.7 Å². The molecular formula is C19H21N3. The third-order valence-electron chi connectivity index (χ3n) is 4.69. The fraction of sp³-hybridized carbons (Fsp3) is 0.316. The summed E-state index contributed by atoms with van der Waals surface area (Å²) in [6.45, 7) is 4.49. The standard InChI is InChI=1S/C19H21N3/c1-14-18(15-8-2-3-9-16(15)21-14)19(22-12-6-7-13-22)17-10-4-5-11-20-17/h2-5,8-11,19,21H,6-7,12-13H2,1H3/t19-/m1/s1. The van der Waals surface area contributed by atoms with E-state index in [2.05, 4.69) is 58.2 Å². The normalized spacial score (nSPS) is 17.1. The summed E-state index contributed by atoms with van der Waals surface area (Å²) in [6.07, 6.45) is 4.47. The van der Waals surface area contributed by atoms with Gasteiger partial charge in [-0.15, -0.1) is 0 Å². The summed E-state index contributed by atoms with van der Waals surface area (Å²) in [5.41, 5.74) is 5.01. The van der Waals surface area contributed by atoms with Gasteiger partial charge >= 0.3 is 0 Å². The molecule has 0 amide bonds. The van der Waals surface area contributed by atoms with Gasteiger partial charge < -0.3 is 4.98 Å². The van der Waals surface area contributed by atoms with Crippen molar-refractivity contribution in [1.82, 2.24) is 14.9 Å². The zero-order chi connectivity index (χ0) is 14.9. The monoisotopic (exact) mass is 291 g/mol. The maximum Gasteiger partial charge on any atom is 0.0799 e. The van der Waals surface area contributed by atoms with E-state index in [4.69, 9.17) is 0 Å². The zero-order valence-corrected chi connectivity index (χ0v) is 12.9. The highest BCUT2D eigenvalue weighted by molar-refractivity contribution is 5.85. The Kier molecular flexibility index (Phi) is 3.43. The lowest BCUT2D eigenvalue weighted by Crippen LogP contribution is -2.27. The van der Waals surface area contributed by atoms with Gasteiger partial charge in [-0.2, -0.15) is 0 Å². The minimum Gasteiger partial charge on any atom is -0.358 e. The first-order valence-corrected chi connectivity index (χ1v) is 8.07. The van der Waals surface area contributed by atoms with Crippen molar-refractivity contribution in [3.8, 4) is 0 Å². The Morgan fingerprint density at radius 2 is 1.82 bits per heavy atom. The molecule has 4 rings (SSSR count). The van der Waals surface area contributed by atoms with Crippen molar-refractivity contribution in [3.63, 3.8) is 0 Å². The second-order valence-electron chi connectivity index (χ2n) is 6.11. The number of rotatable bonds is 3. The van der Waals surface area contributed by atoms with Crippen molar-refractivity contribution in [2.45, 2.75) is 25.8 Å². The van der Waals surface area contributed by atoms with E-state index in [1.165, 1.54) is 35.0 Å². The lowest BCUT2D eigenvalue weighted by atomic mass is 9.98. The fourth-order valence-electron chi connectivity index (χ4n) is 3.71. The van der Waals surface area contributed by atoms with Crippen LogP contribution in [0, 0.1) is 6.92 Å². The number of likely N-dealkylation sites (tertiary alicyclic amines) is 1. The molecule has 1 fully saturated rings. The number of pyridine rings is 1. The van der Waals surface area contributed by atoms with Crippen molar-refractivity contribution >= 4 is 10.9 Å².